The molecule has 4 nitrogen and oxygen atoms in total. The maximum absolute atomic E-state index is 12.0. The van der Waals surface area contributed by atoms with E-state index in [1.54, 1.807) is 30.3 Å². The molecule has 0 atom stereocenters. The van der Waals surface area contributed by atoms with Crippen LogP contribution in [0.15, 0.2) is 42.5 Å². The van der Waals surface area contributed by atoms with Crippen molar-refractivity contribution in [2.45, 2.75) is 0 Å². The van der Waals surface area contributed by atoms with Gasteiger partial charge < -0.3 is 5.32 Å². The average Bonchev–Trinajstić information content (AvgIpc) is 2.47. The lowest BCUT2D eigenvalue weighted by Gasteiger charge is -2.12. The van der Waals surface area contributed by atoms with Crippen molar-refractivity contribution in [2.24, 2.45) is 0 Å². The van der Waals surface area contributed by atoms with Crippen LogP contribution in [0.25, 0.3) is 0 Å². The van der Waals surface area contributed by atoms with Gasteiger partial charge in [0.1, 0.15) is 0 Å². The van der Waals surface area contributed by atoms with Crippen molar-refractivity contribution < 1.29 is 4.79 Å². The Morgan fingerprint density at radius 3 is 2.18 bits per heavy atom. The Kier molecular flexibility index (Phi) is 5.85. The lowest BCUT2D eigenvalue weighted by molar-refractivity contribution is 0.0944. The van der Waals surface area contributed by atoms with E-state index in [0.717, 1.165) is 5.69 Å². The van der Waals surface area contributed by atoms with Crippen LogP contribution in [0.5, 0.6) is 0 Å². The molecule has 2 aromatic rings. The highest BCUT2D eigenvalue weighted by atomic mass is 35.5. The van der Waals surface area contributed by atoms with Crippen molar-refractivity contribution in [1.82, 2.24) is 10.9 Å². The Morgan fingerprint density at radius 1 is 0.909 bits per heavy atom. The van der Waals surface area contributed by atoms with Gasteiger partial charge in [0.25, 0.3) is 5.91 Å². The Morgan fingerprint density at radius 2 is 1.55 bits per heavy atom. The molecule has 1 amide bonds. The molecule has 0 saturated carbocycles. The van der Waals surface area contributed by atoms with Gasteiger partial charge in [0.2, 0.25) is 0 Å². The lowest BCUT2D eigenvalue weighted by atomic mass is 10.2. The molecule has 0 fully saturated rings. The number of hydrogen-bond acceptors (Lipinski definition) is 2. The normalized spacial score (nSPS) is 9.95. The molecule has 0 aliphatic heterocycles. The summed E-state index contributed by atoms with van der Waals surface area (Å²) in [5.41, 5.74) is 6.05. The maximum atomic E-state index is 12.0. The molecule has 8 heteroatoms. The largest absolute Gasteiger partial charge is 0.331 e. The van der Waals surface area contributed by atoms with Gasteiger partial charge in [0.15, 0.2) is 5.11 Å². The first kappa shape index (κ1) is 16.8. The van der Waals surface area contributed by atoms with Gasteiger partial charge >= 0.3 is 0 Å². The zero-order valence-electron chi connectivity index (χ0n) is 11.0. The lowest BCUT2D eigenvalue weighted by Crippen LogP contribution is -2.43. The highest BCUT2D eigenvalue weighted by Crippen LogP contribution is 2.20. The molecule has 0 bridgehead atoms. The first-order valence-electron chi connectivity index (χ1n) is 6.03. The molecular weight excluding hydrogens is 365 g/mol. The molecular formula is C14H10Cl3N3OS. The fraction of sp³-hybridized carbons (Fsp3) is 0. The van der Waals surface area contributed by atoms with Crippen LogP contribution in [0.1, 0.15) is 10.4 Å². The Hall–Kier alpha value is -1.53. The highest BCUT2D eigenvalue weighted by molar-refractivity contribution is 7.80. The molecule has 0 saturated heterocycles. The monoisotopic (exact) mass is 373 g/mol. The van der Waals surface area contributed by atoms with E-state index in [1.165, 1.54) is 12.1 Å². The van der Waals surface area contributed by atoms with Gasteiger partial charge in [0, 0.05) is 15.7 Å². The van der Waals surface area contributed by atoms with Crippen LogP contribution in [0.4, 0.5) is 5.69 Å². The summed E-state index contributed by atoms with van der Waals surface area (Å²) in [4.78, 5) is 12.0. The zero-order valence-corrected chi connectivity index (χ0v) is 14.1. The van der Waals surface area contributed by atoms with Gasteiger partial charge in [-0.1, -0.05) is 34.8 Å². The van der Waals surface area contributed by atoms with Crippen molar-refractivity contribution in [3.8, 4) is 0 Å². The summed E-state index contributed by atoms with van der Waals surface area (Å²) < 4.78 is 0. The molecule has 2 aromatic carbocycles. The molecule has 22 heavy (non-hydrogen) atoms. The van der Waals surface area contributed by atoms with E-state index in [0.29, 0.717) is 10.0 Å². The van der Waals surface area contributed by atoms with Crippen LogP contribution in [0.2, 0.25) is 15.1 Å². The van der Waals surface area contributed by atoms with Crippen molar-refractivity contribution >= 4 is 63.7 Å². The second kappa shape index (κ2) is 7.65. The number of benzene rings is 2. The summed E-state index contributed by atoms with van der Waals surface area (Å²) in [6, 6.07) is 11.5. The molecule has 2 rings (SSSR count). The van der Waals surface area contributed by atoms with Gasteiger partial charge in [-0.25, -0.2) is 0 Å². The van der Waals surface area contributed by atoms with Gasteiger partial charge in [-0.05, 0) is 54.7 Å². The number of carbonyl (C=O) groups is 1. The predicted molar refractivity (Wildman–Crippen MR) is 94.7 cm³/mol. The van der Waals surface area contributed by atoms with Crippen molar-refractivity contribution in [3.05, 3.63) is 63.1 Å². The van der Waals surface area contributed by atoms with E-state index < -0.39 is 5.91 Å². The standard InChI is InChI=1S/C14H10Cl3N3OS/c15-8-1-4-10(5-2-8)18-14(22)20-19-13(21)11-6-3-9(16)7-12(11)17/h1-7H,(H,19,21)(H2,18,20,22). The summed E-state index contributed by atoms with van der Waals surface area (Å²) in [6.45, 7) is 0. The fourth-order valence-corrected chi connectivity index (χ4v) is 2.34. The van der Waals surface area contributed by atoms with Gasteiger partial charge in [0.05, 0.1) is 10.6 Å². The van der Waals surface area contributed by atoms with Crippen LogP contribution < -0.4 is 16.2 Å². The third kappa shape index (κ3) is 4.74. The van der Waals surface area contributed by atoms with Gasteiger partial charge in [-0.3, -0.25) is 15.6 Å². The minimum absolute atomic E-state index is 0.223. The molecule has 0 aliphatic carbocycles. The summed E-state index contributed by atoms with van der Waals surface area (Å²) in [5.74, 6) is -0.429. The van der Waals surface area contributed by atoms with E-state index in [1.807, 2.05) is 0 Å². The number of amides is 1. The second-order valence-corrected chi connectivity index (χ2v) is 5.85. The number of nitrogens with one attached hydrogen (secondary N) is 3. The molecule has 0 radical (unpaired) electrons. The first-order valence-corrected chi connectivity index (χ1v) is 7.58. The number of carbonyl (C=O) groups excluding carboxylic acids is 1. The molecule has 0 aromatic heterocycles. The average molecular weight is 375 g/mol. The van der Waals surface area contributed by atoms with Crippen molar-refractivity contribution in [3.63, 3.8) is 0 Å². The molecule has 0 spiro atoms. The van der Waals surface area contributed by atoms with E-state index in [4.69, 9.17) is 47.0 Å². The minimum atomic E-state index is -0.429. The number of thiocarbonyl (C=S) groups is 1. The predicted octanol–water partition coefficient (Wildman–Crippen LogP) is 4.28. The third-order valence-corrected chi connectivity index (χ3v) is 3.57. The van der Waals surface area contributed by atoms with E-state index in [-0.39, 0.29) is 15.7 Å². The van der Waals surface area contributed by atoms with Crippen LogP contribution in [-0.2, 0) is 0 Å². The summed E-state index contributed by atoms with van der Waals surface area (Å²) >= 11 is 22.6. The molecule has 3 N–H and O–H groups in total. The molecule has 0 unspecified atom stereocenters. The number of hydrazine groups is 1. The number of anilines is 1. The van der Waals surface area contributed by atoms with Gasteiger partial charge in [-0.2, -0.15) is 0 Å². The maximum Gasteiger partial charge on any atom is 0.271 e. The molecule has 0 heterocycles. The van der Waals surface area contributed by atoms with Crippen LogP contribution >= 0.6 is 47.0 Å². The molecule has 114 valence electrons. The Balaban J connectivity index is 1.90. The topological polar surface area (TPSA) is 53.2 Å². The van der Waals surface area contributed by atoms with Crippen LogP contribution in [0.3, 0.4) is 0 Å². The number of rotatable bonds is 2. The van der Waals surface area contributed by atoms with E-state index in [2.05, 4.69) is 16.2 Å². The smallest absolute Gasteiger partial charge is 0.271 e. The first-order chi connectivity index (χ1) is 10.5. The second-order valence-electron chi connectivity index (χ2n) is 4.16. The zero-order chi connectivity index (χ0) is 16.1. The quantitative estimate of drug-likeness (QED) is 0.542. The van der Waals surface area contributed by atoms with E-state index >= 15 is 0 Å². The number of hydrogen-bond donors (Lipinski definition) is 3. The van der Waals surface area contributed by atoms with Crippen LogP contribution in [-0.4, -0.2) is 11.0 Å². The Labute approximate surface area is 147 Å². The third-order valence-electron chi connectivity index (χ3n) is 2.57. The summed E-state index contributed by atoms with van der Waals surface area (Å²) in [5, 5.41) is 4.44. The SMILES string of the molecule is O=C(NNC(=S)Nc1ccc(Cl)cc1)c1ccc(Cl)cc1Cl. The summed E-state index contributed by atoms with van der Waals surface area (Å²) in [6.07, 6.45) is 0. The minimum Gasteiger partial charge on any atom is -0.331 e. The van der Waals surface area contributed by atoms with Crippen molar-refractivity contribution in [1.29, 1.82) is 0 Å². The summed E-state index contributed by atoms with van der Waals surface area (Å²) in [7, 11) is 0. The Bertz CT molecular complexity index is 707. The fourth-order valence-electron chi connectivity index (χ4n) is 1.55. The number of halogens is 3. The highest BCUT2D eigenvalue weighted by Gasteiger charge is 2.10. The van der Waals surface area contributed by atoms with Gasteiger partial charge in [-0.15, -0.1) is 0 Å². The van der Waals surface area contributed by atoms with E-state index in [9.17, 15) is 4.79 Å². The van der Waals surface area contributed by atoms with Crippen LogP contribution in [0, 0.1) is 0 Å². The molecule has 0 aliphatic rings. The van der Waals surface area contributed by atoms with Crippen molar-refractivity contribution in [2.75, 3.05) is 5.32 Å².